The van der Waals surface area contributed by atoms with Gasteiger partial charge in [0.25, 0.3) is 0 Å². The highest BCUT2D eigenvalue weighted by atomic mass is 32.3. The fraction of sp³-hybridized carbons (Fsp3) is 0.950. The van der Waals surface area contributed by atoms with Crippen molar-refractivity contribution in [3.8, 4) is 0 Å². The highest BCUT2D eigenvalue weighted by molar-refractivity contribution is 8.13. The van der Waals surface area contributed by atoms with E-state index in [9.17, 15) is 48.0 Å². The second-order valence-corrected chi connectivity index (χ2v) is 13.3. The van der Waals surface area contributed by atoms with Gasteiger partial charge in [0.05, 0.1) is 33.2 Å². The van der Waals surface area contributed by atoms with E-state index in [-0.39, 0.29) is 11.9 Å². The van der Waals surface area contributed by atoms with E-state index in [1.807, 2.05) is 0 Å². The van der Waals surface area contributed by atoms with E-state index in [2.05, 4.69) is 31.7 Å². The van der Waals surface area contributed by atoms with Gasteiger partial charge in [-0.1, -0.05) is 26.2 Å². The smallest absolute Gasteiger partial charge is 0.421 e. The van der Waals surface area contributed by atoms with Crippen molar-refractivity contribution >= 4 is 26.0 Å². The number of alkyl halides is 6. The Balaban J connectivity index is 0.000000401. The summed E-state index contributed by atoms with van der Waals surface area (Å²) in [5.41, 5.74) is -12.4. The van der Waals surface area contributed by atoms with Crippen LogP contribution in [-0.4, -0.2) is 84.1 Å². The molecule has 17 heteroatoms. The fourth-order valence-electron chi connectivity index (χ4n) is 4.33. The van der Waals surface area contributed by atoms with Crippen LogP contribution >= 0.6 is 0 Å². The molecule has 0 aromatic heterocycles. The molecule has 0 spiro atoms. The third-order valence-electron chi connectivity index (χ3n) is 6.24. The molecule has 0 bridgehead atoms. The first-order chi connectivity index (χ1) is 16.7. The van der Waals surface area contributed by atoms with Crippen LogP contribution in [0, 0.1) is 5.92 Å². The first-order valence-corrected chi connectivity index (χ1v) is 14.8. The summed E-state index contributed by atoms with van der Waals surface area (Å²) in [5, 5.41) is 6.70. The van der Waals surface area contributed by atoms with E-state index < -0.39 is 31.1 Å². The van der Waals surface area contributed by atoms with Crippen LogP contribution in [0.2, 0.25) is 0 Å². The molecule has 0 aromatic rings. The molecule has 220 valence electrons. The fourth-order valence-corrected chi connectivity index (χ4v) is 6.04. The summed E-state index contributed by atoms with van der Waals surface area (Å²) in [6, 6.07) is 0.452. The molecule has 0 unspecified atom stereocenters. The highest BCUT2D eigenvalue weighted by Gasteiger charge is 2.47. The first kappa shape index (κ1) is 33.9. The molecule has 37 heavy (non-hydrogen) atoms. The van der Waals surface area contributed by atoms with Gasteiger partial charge in [-0.15, -0.1) is 0 Å². The zero-order valence-electron chi connectivity index (χ0n) is 21.0. The number of halogens is 6. The first-order valence-electron chi connectivity index (χ1n) is 11.9. The van der Waals surface area contributed by atoms with Crippen LogP contribution in [0.3, 0.4) is 0 Å². The molecular weight excluding hydrogens is 554 g/mol. The number of nitrogens with one attached hydrogen (secondary N) is 2. The maximum atomic E-state index is 12.4. The lowest BCUT2D eigenvalue weighted by atomic mass is 9.83. The van der Waals surface area contributed by atoms with Gasteiger partial charge in [0.1, 0.15) is 0 Å². The second-order valence-electron chi connectivity index (χ2n) is 9.92. The van der Waals surface area contributed by atoms with Crippen molar-refractivity contribution < 1.29 is 52.5 Å². The molecule has 0 aromatic carbocycles. The number of amides is 1. The molecule has 1 saturated carbocycles. The minimum atomic E-state index is -6.72. The number of unbranched alkanes of at least 4 members (excludes halogenated alkanes) is 1. The second kappa shape index (κ2) is 13.3. The minimum Gasteiger partial charge on any atom is -0.421 e. The van der Waals surface area contributed by atoms with Crippen molar-refractivity contribution in [2.45, 2.75) is 81.4 Å². The van der Waals surface area contributed by atoms with Gasteiger partial charge in [0.2, 0.25) is 5.91 Å². The molecule has 1 saturated heterocycles. The minimum absolute atomic E-state index is 0.0603. The summed E-state index contributed by atoms with van der Waals surface area (Å²) >= 11 is 0. The number of hydrogen-bond donors (Lipinski definition) is 2. The van der Waals surface area contributed by atoms with Gasteiger partial charge in [-0.2, -0.15) is 26.3 Å². The van der Waals surface area contributed by atoms with E-state index in [1.54, 1.807) is 0 Å². The zero-order chi connectivity index (χ0) is 28.7. The highest BCUT2D eigenvalue weighted by Crippen LogP contribution is 2.36. The largest absolute Gasteiger partial charge is 0.480 e. The van der Waals surface area contributed by atoms with Crippen LogP contribution in [0.25, 0.3) is 4.13 Å². The lowest BCUT2D eigenvalue weighted by Gasteiger charge is -2.39. The van der Waals surface area contributed by atoms with Crippen LogP contribution in [0.5, 0.6) is 0 Å². The summed E-state index contributed by atoms with van der Waals surface area (Å²) in [4.78, 5) is 12.4. The molecule has 1 aliphatic carbocycles. The molecule has 9 nitrogen and oxygen atoms in total. The Hall–Kier alpha value is -1.17. The van der Waals surface area contributed by atoms with E-state index in [0.717, 1.165) is 34.4 Å². The lowest BCUT2D eigenvalue weighted by molar-refractivity contribution is -0.894. The topological polar surface area (TPSA) is 124 Å². The Morgan fingerprint density at radius 3 is 1.95 bits per heavy atom. The van der Waals surface area contributed by atoms with Gasteiger partial charge in [-0.05, 0) is 38.6 Å². The SMILES string of the molecule is CCCC[N+](C)(C)C[C@H]1CCCC[C@H]1NC(=O)[C@@H]1CCCN1.O=S(=O)([N-]S(=O)(=O)C(F)(F)F)C(F)(F)F. The predicted octanol–water partition coefficient (Wildman–Crippen LogP) is 3.35. The van der Waals surface area contributed by atoms with E-state index >= 15 is 0 Å². The Bertz CT molecular complexity index is 907. The Morgan fingerprint density at radius 1 is 0.946 bits per heavy atom. The number of rotatable bonds is 9. The van der Waals surface area contributed by atoms with Crippen molar-refractivity contribution in [2.24, 2.45) is 5.92 Å². The predicted molar refractivity (Wildman–Crippen MR) is 125 cm³/mol. The third kappa shape index (κ3) is 10.8. The van der Waals surface area contributed by atoms with Gasteiger partial charge in [-0.25, -0.2) is 16.8 Å². The Morgan fingerprint density at radius 2 is 1.49 bits per heavy atom. The third-order valence-corrected chi connectivity index (χ3v) is 8.98. The molecule has 2 rings (SSSR count). The van der Waals surface area contributed by atoms with Gasteiger partial charge in [-0.3, -0.25) is 4.79 Å². The standard InChI is InChI=1S/C18H35N3O.C2F6NO4S2/c1-4-5-13-21(2,3)14-15-9-6-7-10-16(15)20-18(22)17-11-8-12-19-17;3-1(4,5)14(10,11)9-15(12,13)2(6,7)8/h15-17,19H,4-14H2,1-3H3;/q;-1/p+1/t15-,16-,17+;/m1./s1. The van der Waals surface area contributed by atoms with E-state index in [0.29, 0.717) is 12.0 Å². The van der Waals surface area contributed by atoms with Crippen LogP contribution < -0.4 is 10.6 Å². The monoisotopic (exact) mass is 590 g/mol. The Labute approximate surface area is 214 Å². The lowest BCUT2D eigenvalue weighted by Crippen LogP contribution is -2.53. The number of sulfonamides is 2. The van der Waals surface area contributed by atoms with Gasteiger partial charge < -0.3 is 19.2 Å². The van der Waals surface area contributed by atoms with Gasteiger partial charge >= 0.3 is 11.0 Å². The normalized spacial score (nSPS) is 23.8. The maximum Gasteiger partial charge on any atom is 0.480 e. The summed E-state index contributed by atoms with van der Waals surface area (Å²) in [6.45, 7) is 5.70. The van der Waals surface area contributed by atoms with Crippen molar-refractivity contribution in [1.82, 2.24) is 10.6 Å². The van der Waals surface area contributed by atoms with E-state index in [4.69, 9.17) is 0 Å². The van der Waals surface area contributed by atoms with E-state index in [1.165, 1.54) is 45.2 Å². The van der Waals surface area contributed by atoms with Crippen LogP contribution in [-0.2, 0) is 24.8 Å². The molecule has 2 aliphatic rings. The molecule has 2 fully saturated rings. The van der Waals surface area contributed by atoms with Crippen LogP contribution in [0.15, 0.2) is 0 Å². The van der Waals surface area contributed by atoms with Crippen molar-refractivity contribution in [1.29, 1.82) is 0 Å². The molecule has 2 N–H and O–H groups in total. The van der Waals surface area contributed by atoms with Crippen molar-refractivity contribution in [3.05, 3.63) is 4.13 Å². The average Bonchev–Trinajstić information content (AvgIpc) is 3.27. The summed E-state index contributed by atoms with van der Waals surface area (Å²) in [5.74, 6) is 0.888. The Kier molecular flexibility index (Phi) is 12.1. The number of carbonyl (C=O) groups excluding carboxylic acids is 1. The molecule has 1 aliphatic heterocycles. The molecule has 1 heterocycles. The van der Waals surface area contributed by atoms with Gasteiger partial charge in [0, 0.05) is 12.0 Å². The van der Waals surface area contributed by atoms with Crippen LogP contribution in [0.1, 0.15) is 58.3 Å². The van der Waals surface area contributed by atoms with Crippen LogP contribution in [0.4, 0.5) is 26.3 Å². The quantitative estimate of drug-likeness (QED) is 0.314. The molecular formula is C20H36F6N4O5S2. The maximum absolute atomic E-state index is 12.4. The van der Waals surface area contributed by atoms with Crippen molar-refractivity contribution in [2.75, 3.05) is 33.7 Å². The molecule has 3 atom stereocenters. The average molecular weight is 591 g/mol. The summed E-state index contributed by atoms with van der Waals surface area (Å²) < 4.78 is 110. The summed E-state index contributed by atoms with van der Waals surface area (Å²) in [6.07, 6.45) is 9.72. The number of hydrogen-bond acceptors (Lipinski definition) is 6. The molecule has 1 amide bonds. The zero-order valence-corrected chi connectivity index (χ0v) is 22.7. The summed E-state index contributed by atoms with van der Waals surface area (Å²) in [7, 11) is -8.75. The van der Waals surface area contributed by atoms with Crippen molar-refractivity contribution in [3.63, 3.8) is 0 Å². The van der Waals surface area contributed by atoms with Gasteiger partial charge in [0.15, 0.2) is 20.0 Å². The number of nitrogens with zero attached hydrogens (tertiary/aromatic N) is 2. The number of quaternary nitrogens is 1. The molecule has 0 radical (unpaired) electrons. The number of carbonyl (C=O) groups is 1.